The summed E-state index contributed by atoms with van der Waals surface area (Å²) < 4.78 is 6.56. The second-order valence-corrected chi connectivity index (χ2v) is 7.75. The molecular formula is C19H22BrClN4O2. The molecule has 1 amide bonds. The Labute approximate surface area is 172 Å². The highest BCUT2D eigenvalue weighted by atomic mass is 79.9. The number of rotatable bonds is 6. The Morgan fingerprint density at radius 1 is 1.22 bits per heavy atom. The van der Waals surface area contributed by atoms with E-state index in [9.17, 15) is 4.79 Å². The van der Waals surface area contributed by atoms with Gasteiger partial charge in [0, 0.05) is 50.0 Å². The summed E-state index contributed by atoms with van der Waals surface area (Å²) >= 11 is 9.34. The molecule has 1 aliphatic rings. The van der Waals surface area contributed by atoms with Crippen molar-refractivity contribution in [2.75, 3.05) is 37.7 Å². The molecule has 1 saturated heterocycles. The number of anilines is 1. The molecule has 0 radical (unpaired) electrons. The SMILES string of the molecule is Cc1cc(OCCCC(=O)N2CCN(c3ncc(Br)cn3)CC2)ccc1Cl. The van der Waals surface area contributed by atoms with Gasteiger partial charge in [0.2, 0.25) is 11.9 Å². The fraction of sp³-hybridized carbons (Fsp3) is 0.421. The number of carbonyl (C=O) groups is 1. The maximum Gasteiger partial charge on any atom is 0.225 e. The first-order valence-corrected chi connectivity index (χ1v) is 10.1. The van der Waals surface area contributed by atoms with E-state index in [0.717, 1.165) is 33.9 Å². The monoisotopic (exact) mass is 452 g/mol. The van der Waals surface area contributed by atoms with E-state index in [2.05, 4.69) is 30.8 Å². The molecule has 6 nitrogen and oxygen atoms in total. The van der Waals surface area contributed by atoms with E-state index in [0.29, 0.717) is 38.5 Å². The minimum atomic E-state index is 0.169. The van der Waals surface area contributed by atoms with Crippen molar-refractivity contribution >= 4 is 39.4 Å². The molecule has 0 bridgehead atoms. The molecule has 144 valence electrons. The average Bonchev–Trinajstić information content (AvgIpc) is 2.68. The number of carbonyl (C=O) groups excluding carboxylic acids is 1. The zero-order valence-corrected chi connectivity index (χ0v) is 17.5. The fourth-order valence-electron chi connectivity index (χ4n) is 2.90. The Morgan fingerprint density at radius 3 is 2.59 bits per heavy atom. The maximum absolute atomic E-state index is 12.4. The van der Waals surface area contributed by atoms with Crippen LogP contribution in [-0.2, 0) is 4.79 Å². The van der Waals surface area contributed by atoms with Gasteiger partial charge in [-0.25, -0.2) is 9.97 Å². The summed E-state index contributed by atoms with van der Waals surface area (Å²) in [4.78, 5) is 25.0. The molecule has 1 aromatic carbocycles. The molecule has 1 fully saturated rings. The molecule has 3 rings (SSSR count). The number of ether oxygens (including phenoxy) is 1. The van der Waals surface area contributed by atoms with Crippen LogP contribution in [0, 0.1) is 6.92 Å². The quantitative estimate of drug-likeness (QED) is 0.624. The van der Waals surface area contributed by atoms with Crippen molar-refractivity contribution in [1.29, 1.82) is 0 Å². The van der Waals surface area contributed by atoms with Gasteiger partial charge in [0.15, 0.2) is 0 Å². The molecule has 8 heteroatoms. The van der Waals surface area contributed by atoms with Crippen LogP contribution in [0.15, 0.2) is 35.1 Å². The minimum Gasteiger partial charge on any atom is -0.494 e. The number of amides is 1. The van der Waals surface area contributed by atoms with Crippen LogP contribution in [0.25, 0.3) is 0 Å². The first-order chi connectivity index (χ1) is 13.0. The van der Waals surface area contributed by atoms with Gasteiger partial charge in [-0.3, -0.25) is 4.79 Å². The van der Waals surface area contributed by atoms with Crippen molar-refractivity contribution in [3.63, 3.8) is 0 Å². The van der Waals surface area contributed by atoms with Crippen LogP contribution in [0.5, 0.6) is 5.75 Å². The molecule has 0 aliphatic carbocycles. The lowest BCUT2D eigenvalue weighted by molar-refractivity contribution is -0.131. The summed E-state index contributed by atoms with van der Waals surface area (Å²) in [5.74, 6) is 1.66. The molecule has 27 heavy (non-hydrogen) atoms. The third kappa shape index (κ3) is 5.56. The van der Waals surface area contributed by atoms with Crippen molar-refractivity contribution < 1.29 is 9.53 Å². The highest BCUT2D eigenvalue weighted by Gasteiger charge is 2.22. The van der Waals surface area contributed by atoms with Gasteiger partial charge in [0.1, 0.15) is 5.75 Å². The Hall–Kier alpha value is -1.86. The van der Waals surface area contributed by atoms with Crippen molar-refractivity contribution in [3.8, 4) is 5.75 Å². The van der Waals surface area contributed by atoms with E-state index < -0.39 is 0 Å². The zero-order valence-electron chi connectivity index (χ0n) is 15.2. The van der Waals surface area contributed by atoms with Crippen LogP contribution in [0.1, 0.15) is 18.4 Å². The topological polar surface area (TPSA) is 58.6 Å². The maximum atomic E-state index is 12.4. The van der Waals surface area contributed by atoms with E-state index in [1.54, 1.807) is 12.4 Å². The molecule has 0 atom stereocenters. The molecule has 0 N–H and O–H groups in total. The first-order valence-electron chi connectivity index (χ1n) is 8.92. The highest BCUT2D eigenvalue weighted by molar-refractivity contribution is 9.10. The highest BCUT2D eigenvalue weighted by Crippen LogP contribution is 2.21. The van der Waals surface area contributed by atoms with Gasteiger partial charge < -0.3 is 14.5 Å². The first kappa shape index (κ1) is 19.9. The minimum absolute atomic E-state index is 0.169. The predicted octanol–water partition coefficient (Wildman–Crippen LogP) is 3.71. The Balaban J connectivity index is 1.38. The van der Waals surface area contributed by atoms with Gasteiger partial charge in [0.25, 0.3) is 0 Å². The summed E-state index contributed by atoms with van der Waals surface area (Å²) in [5.41, 5.74) is 0.984. The van der Waals surface area contributed by atoms with Crippen molar-refractivity contribution in [3.05, 3.63) is 45.7 Å². The normalized spacial score (nSPS) is 14.3. The number of halogens is 2. The van der Waals surface area contributed by atoms with Crippen molar-refractivity contribution in [2.24, 2.45) is 0 Å². The number of hydrogen-bond acceptors (Lipinski definition) is 5. The third-order valence-corrected chi connectivity index (χ3v) is 5.29. The van der Waals surface area contributed by atoms with E-state index >= 15 is 0 Å². The van der Waals surface area contributed by atoms with Gasteiger partial charge in [-0.05, 0) is 53.0 Å². The van der Waals surface area contributed by atoms with Crippen molar-refractivity contribution in [1.82, 2.24) is 14.9 Å². The Morgan fingerprint density at radius 2 is 1.93 bits per heavy atom. The molecule has 2 aromatic rings. The summed E-state index contributed by atoms with van der Waals surface area (Å²) in [6, 6.07) is 5.58. The summed E-state index contributed by atoms with van der Waals surface area (Å²) in [6.45, 7) is 5.32. The fourth-order valence-corrected chi connectivity index (χ4v) is 3.23. The van der Waals surface area contributed by atoms with Gasteiger partial charge in [0.05, 0.1) is 11.1 Å². The number of nitrogens with zero attached hydrogens (tertiary/aromatic N) is 4. The number of hydrogen-bond donors (Lipinski definition) is 0. The molecule has 0 saturated carbocycles. The lowest BCUT2D eigenvalue weighted by atomic mass is 10.2. The largest absolute Gasteiger partial charge is 0.494 e. The number of piperazine rings is 1. The molecule has 1 aliphatic heterocycles. The molecule has 0 spiro atoms. The number of aryl methyl sites for hydroxylation is 1. The van der Waals surface area contributed by atoms with Crippen LogP contribution in [0.3, 0.4) is 0 Å². The van der Waals surface area contributed by atoms with Crippen LogP contribution < -0.4 is 9.64 Å². The standard InChI is InChI=1S/C19H22BrClN4O2/c1-14-11-16(4-5-17(14)21)27-10-2-3-18(26)24-6-8-25(9-7-24)19-22-12-15(20)13-23-19/h4-5,11-13H,2-3,6-10H2,1H3. The van der Waals surface area contributed by atoms with E-state index in [1.807, 2.05) is 30.0 Å². The number of aromatic nitrogens is 2. The molecule has 0 unspecified atom stereocenters. The van der Waals surface area contributed by atoms with Crippen LogP contribution >= 0.6 is 27.5 Å². The predicted molar refractivity (Wildman–Crippen MR) is 109 cm³/mol. The van der Waals surface area contributed by atoms with Gasteiger partial charge in [-0.1, -0.05) is 11.6 Å². The second-order valence-electron chi connectivity index (χ2n) is 6.43. The van der Waals surface area contributed by atoms with E-state index in [4.69, 9.17) is 16.3 Å². The molecule has 1 aromatic heterocycles. The van der Waals surface area contributed by atoms with Gasteiger partial charge in [-0.2, -0.15) is 0 Å². The lowest BCUT2D eigenvalue weighted by Crippen LogP contribution is -2.49. The van der Waals surface area contributed by atoms with E-state index in [1.165, 1.54) is 0 Å². The van der Waals surface area contributed by atoms with Crippen LogP contribution in [0.4, 0.5) is 5.95 Å². The Bertz CT molecular complexity index is 780. The average molecular weight is 454 g/mol. The molecular weight excluding hydrogens is 432 g/mol. The zero-order chi connectivity index (χ0) is 19.2. The van der Waals surface area contributed by atoms with E-state index in [-0.39, 0.29) is 5.91 Å². The summed E-state index contributed by atoms with van der Waals surface area (Å²) in [5, 5.41) is 0.727. The summed E-state index contributed by atoms with van der Waals surface area (Å²) in [6.07, 6.45) is 4.65. The lowest BCUT2D eigenvalue weighted by Gasteiger charge is -2.34. The summed E-state index contributed by atoms with van der Waals surface area (Å²) in [7, 11) is 0. The van der Waals surface area contributed by atoms with Gasteiger partial charge in [-0.15, -0.1) is 0 Å². The number of benzene rings is 1. The van der Waals surface area contributed by atoms with Crippen molar-refractivity contribution in [2.45, 2.75) is 19.8 Å². The third-order valence-electron chi connectivity index (χ3n) is 4.46. The van der Waals surface area contributed by atoms with Crippen LogP contribution in [-0.4, -0.2) is 53.6 Å². The van der Waals surface area contributed by atoms with Gasteiger partial charge >= 0.3 is 0 Å². The smallest absolute Gasteiger partial charge is 0.225 e. The second kappa shape index (κ2) is 9.37. The molecule has 2 heterocycles. The van der Waals surface area contributed by atoms with Crippen LogP contribution in [0.2, 0.25) is 5.02 Å². The Kier molecular flexibility index (Phi) is 6.90.